The minimum Gasteiger partial charge on any atom is -0.493 e. The van der Waals surface area contributed by atoms with Gasteiger partial charge >= 0.3 is 0 Å². The number of ether oxygens (including phenoxy) is 2. The van der Waals surface area contributed by atoms with Gasteiger partial charge in [-0.25, -0.2) is 12.8 Å². The Hall–Kier alpha value is -2.91. The number of hydrogen-bond donors (Lipinski definition) is 2. The lowest BCUT2D eigenvalue weighted by Crippen LogP contribution is -2.31. The molecule has 1 saturated heterocycles. The summed E-state index contributed by atoms with van der Waals surface area (Å²) in [6, 6.07) is 13.0. The molecule has 0 saturated carbocycles. The monoisotopic (exact) mass is 501 g/mol. The Kier molecular flexibility index (Phi) is 7.76. The minimum absolute atomic E-state index is 0.00652. The maximum atomic E-state index is 15.0. The van der Waals surface area contributed by atoms with Crippen LogP contribution in [0.4, 0.5) is 10.1 Å². The Balaban J connectivity index is 1.61. The SMILES string of the molecule is COc1c(F)cc(C(CCOc2cccc3nc(C)ccc23)C2CCNCC2)cc1NS(C)(=O)=O. The highest BCUT2D eigenvalue weighted by Crippen LogP contribution is 2.39. The van der Waals surface area contributed by atoms with E-state index in [0.29, 0.717) is 18.9 Å². The Morgan fingerprint density at radius 3 is 2.69 bits per heavy atom. The summed E-state index contributed by atoms with van der Waals surface area (Å²) < 4.78 is 52.5. The number of methoxy groups -OCH3 is 1. The van der Waals surface area contributed by atoms with Crippen LogP contribution in [0.25, 0.3) is 10.9 Å². The normalized spacial score (nSPS) is 15.7. The van der Waals surface area contributed by atoms with Crippen molar-refractivity contribution in [3.05, 3.63) is 59.5 Å². The van der Waals surface area contributed by atoms with E-state index in [1.165, 1.54) is 13.2 Å². The molecule has 188 valence electrons. The number of aromatic nitrogens is 1. The van der Waals surface area contributed by atoms with Gasteiger partial charge in [0.05, 0.1) is 31.2 Å². The van der Waals surface area contributed by atoms with Crippen molar-refractivity contribution in [2.45, 2.75) is 32.1 Å². The molecule has 1 aromatic heterocycles. The first-order valence-electron chi connectivity index (χ1n) is 11.8. The molecule has 0 bridgehead atoms. The predicted molar refractivity (Wildman–Crippen MR) is 136 cm³/mol. The van der Waals surface area contributed by atoms with Gasteiger partial charge in [0.1, 0.15) is 5.75 Å². The number of nitrogens with zero attached hydrogens (tertiary/aromatic N) is 1. The maximum absolute atomic E-state index is 15.0. The van der Waals surface area contributed by atoms with E-state index in [1.807, 2.05) is 37.3 Å². The number of rotatable bonds is 9. The molecule has 1 aliphatic rings. The number of anilines is 1. The second-order valence-corrected chi connectivity index (χ2v) is 10.8. The first-order chi connectivity index (χ1) is 16.7. The average Bonchev–Trinajstić information content (AvgIpc) is 2.81. The zero-order valence-corrected chi connectivity index (χ0v) is 21.1. The lowest BCUT2D eigenvalue weighted by atomic mass is 9.78. The van der Waals surface area contributed by atoms with Crippen LogP contribution in [-0.2, 0) is 10.0 Å². The third kappa shape index (κ3) is 6.21. The molecule has 35 heavy (non-hydrogen) atoms. The highest BCUT2D eigenvalue weighted by Gasteiger charge is 2.27. The lowest BCUT2D eigenvalue weighted by molar-refractivity contribution is 0.249. The van der Waals surface area contributed by atoms with Crippen molar-refractivity contribution in [3.8, 4) is 11.5 Å². The number of fused-ring (bicyclic) bond motifs is 1. The minimum atomic E-state index is -3.61. The molecule has 1 unspecified atom stereocenters. The molecular formula is C26H32FN3O4S. The second-order valence-electron chi connectivity index (χ2n) is 9.06. The van der Waals surface area contributed by atoms with E-state index in [1.54, 1.807) is 6.07 Å². The van der Waals surface area contributed by atoms with Gasteiger partial charge in [-0.3, -0.25) is 9.71 Å². The quantitative estimate of drug-likeness (QED) is 0.445. The lowest BCUT2D eigenvalue weighted by Gasteiger charge is -2.31. The van der Waals surface area contributed by atoms with E-state index in [9.17, 15) is 12.8 Å². The Morgan fingerprint density at radius 2 is 1.97 bits per heavy atom. The number of piperidine rings is 1. The molecule has 4 rings (SSSR count). The molecule has 0 spiro atoms. The van der Waals surface area contributed by atoms with Crippen LogP contribution in [0.2, 0.25) is 0 Å². The van der Waals surface area contributed by atoms with E-state index in [2.05, 4.69) is 15.0 Å². The van der Waals surface area contributed by atoms with Gasteiger partial charge in [-0.2, -0.15) is 0 Å². The van der Waals surface area contributed by atoms with Gasteiger partial charge in [-0.15, -0.1) is 0 Å². The van der Waals surface area contributed by atoms with Gasteiger partial charge in [0.25, 0.3) is 0 Å². The number of benzene rings is 2. The summed E-state index contributed by atoms with van der Waals surface area (Å²) in [5.41, 5.74) is 2.67. The molecule has 9 heteroatoms. The highest BCUT2D eigenvalue weighted by atomic mass is 32.2. The fourth-order valence-corrected chi connectivity index (χ4v) is 5.43. The van der Waals surface area contributed by atoms with E-state index < -0.39 is 15.8 Å². The summed E-state index contributed by atoms with van der Waals surface area (Å²) in [6.45, 7) is 4.18. The summed E-state index contributed by atoms with van der Waals surface area (Å²) in [6.07, 6.45) is 3.59. The average molecular weight is 502 g/mol. The molecule has 0 aliphatic carbocycles. The van der Waals surface area contributed by atoms with Gasteiger partial charge in [0, 0.05) is 11.1 Å². The molecule has 2 N–H and O–H groups in total. The number of sulfonamides is 1. The second kappa shape index (κ2) is 10.8. The predicted octanol–water partition coefficient (Wildman–Crippen LogP) is 4.61. The van der Waals surface area contributed by atoms with Crippen LogP contribution in [0.3, 0.4) is 0 Å². The van der Waals surface area contributed by atoms with Crippen LogP contribution < -0.4 is 19.5 Å². The van der Waals surface area contributed by atoms with Crippen LogP contribution in [0, 0.1) is 18.7 Å². The molecule has 7 nitrogen and oxygen atoms in total. The van der Waals surface area contributed by atoms with Crippen molar-refractivity contribution in [2.75, 3.05) is 37.8 Å². The van der Waals surface area contributed by atoms with Crippen molar-refractivity contribution in [2.24, 2.45) is 5.92 Å². The number of pyridine rings is 1. The van der Waals surface area contributed by atoms with Crippen LogP contribution in [-0.4, -0.2) is 46.5 Å². The molecule has 0 radical (unpaired) electrons. The van der Waals surface area contributed by atoms with Gasteiger partial charge in [0.2, 0.25) is 10.0 Å². The molecule has 1 fully saturated rings. The zero-order valence-electron chi connectivity index (χ0n) is 20.3. The first kappa shape index (κ1) is 25.2. The van der Waals surface area contributed by atoms with Crippen LogP contribution in [0.5, 0.6) is 11.5 Å². The molecule has 1 aliphatic heterocycles. The summed E-state index contributed by atoms with van der Waals surface area (Å²) in [4.78, 5) is 4.57. The number of aryl methyl sites for hydroxylation is 1. The smallest absolute Gasteiger partial charge is 0.229 e. The van der Waals surface area contributed by atoms with Crippen LogP contribution >= 0.6 is 0 Å². The summed E-state index contributed by atoms with van der Waals surface area (Å²) in [7, 11) is -2.28. The molecule has 0 amide bonds. The molecule has 2 heterocycles. The molecule has 2 aromatic carbocycles. The number of hydrogen-bond acceptors (Lipinski definition) is 6. The number of halogens is 1. The molecule has 1 atom stereocenters. The van der Waals surface area contributed by atoms with E-state index in [4.69, 9.17) is 9.47 Å². The van der Waals surface area contributed by atoms with Crippen molar-refractivity contribution >= 4 is 26.6 Å². The van der Waals surface area contributed by atoms with Gasteiger partial charge in [-0.1, -0.05) is 6.07 Å². The zero-order chi connectivity index (χ0) is 25.0. The first-order valence-corrected chi connectivity index (χ1v) is 13.7. The summed E-state index contributed by atoms with van der Waals surface area (Å²) in [5.74, 6) is 0.368. The van der Waals surface area contributed by atoms with E-state index >= 15 is 0 Å². The Morgan fingerprint density at radius 1 is 1.20 bits per heavy atom. The Bertz CT molecular complexity index is 1290. The fourth-order valence-electron chi connectivity index (χ4n) is 4.88. The van der Waals surface area contributed by atoms with Gasteiger partial charge < -0.3 is 14.8 Å². The summed E-state index contributed by atoms with van der Waals surface area (Å²) in [5, 5.41) is 4.33. The van der Waals surface area contributed by atoms with Crippen LogP contribution in [0.1, 0.15) is 36.4 Å². The van der Waals surface area contributed by atoms with Crippen LogP contribution in [0.15, 0.2) is 42.5 Å². The molecular weight excluding hydrogens is 469 g/mol. The number of nitrogens with one attached hydrogen (secondary N) is 2. The van der Waals surface area contributed by atoms with Gasteiger partial charge in [-0.05, 0) is 93.1 Å². The summed E-state index contributed by atoms with van der Waals surface area (Å²) >= 11 is 0. The highest BCUT2D eigenvalue weighted by molar-refractivity contribution is 7.92. The Labute approximate surface area is 206 Å². The van der Waals surface area contributed by atoms with Crippen molar-refractivity contribution in [1.82, 2.24) is 10.3 Å². The molecule has 3 aromatic rings. The van der Waals surface area contributed by atoms with E-state index in [0.717, 1.165) is 60.1 Å². The van der Waals surface area contributed by atoms with Gasteiger partial charge in [0.15, 0.2) is 11.6 Å². The van der Waals surface area contributed by atoms with E-state index in [-0.39, 0.29) is 17.4 Å². The van der Waals surface area contributed by atoms with Crippen molar-refractivity contribution in [3.63, 3.8) is 0 Å². The largest absolute Gasteiger partial charge is 0.493 e. The third-order valence-corrected chi connectivity index (χ3v) is 7.05. The topological polar surface area (TPSA) is 89.6 Å². The fraction of sp³-hybridized carbons (Fsp3) is 0.423. The van der Waals surface area contributed by atoms with Crippen molar-refractivity contribution in [1.29, 1.82) is 0 Å². The standard InChI is InChI=1S/C26H32FN3O4S/c1-17-7-8-21-23(29-17)5-4-6-25(21)34-14-11-20(18-9-12-28-13-10-18)19-15-22(27)26(33-2)24(16-19)30-35(3,31)32/h4-8,15-16,18,20,28,30H,9-14H2,1-3H3. The maximum Gasteiger partial charge on any atom is 0.229 e. The van der Waals surface area contributed by atoms with Crippen molar-refractivity contribution < 1.29 is 22.3 Å². The third-order valence-electron chi connectivity index (χ3n) is 6.46.